The van der Waals surface area contributed by atoms with E-state index in [1.165, 1.54) is 0 Å². The fourth-order valence-electron chi connectivity index (χ4n) is 4.02. The molecular weight excluding hydrogens is 338 g/mol. The zero-order valence-corrected chi connectivity index (χ0v) is 15.2. The van der Waals surface area contributed by atoms with Gasteiger partial charge in [-0.3, -0.25) is 9.59 Å². The van der Waals surface area contributed by atoms with Crippen molar-refractivity contribution in [2.45, 2.75) is 25.3 Å². The molecule has 1 aromatic heterocycles. The van der Waals surface area contributed by atoms with Crippen LogP contribution in [0.3, 0.4) is 0 Å². The van der Waals surface area contributed by atoms with Crippen LogP contribution < -0.4 is 10.2 Å². The minimum atomic E-state index is -0.177. The number of nitrogens with one attached hydrogen (secondary N) is 1. The maximum Gasteiger partial charge on any atom is 0.239 e. The van der Waals surface area contributed by atoms with Crippen molar-refractivity contribution in [3.63, 3.8) is 0 Å². The number of piperazine rings is 1. The number of amides is 2. The molecule has 4 heterocycles. The average molecular weight is 363 g/mol. The molecule has 3 fully saturated rings. The number of rotatable bonds is 3. The first kappa shape index (κ1) is 16.8. The Bertz CT molecular complexity index is 609. The molecule has 1 N–H and O–H groups in total. The Morgan fingerprint density at radius 3 is 2.44 bits per heavy atom. The third-order valence-corrected chi connectivity index (χ3v) is 6.31. The summed E-state index contributed by atoms with van der Waals surface area (Å²) in [6.45, 7) is 5.49. The van der Waals surface area contributed by atoms with Gasteiger partial charge in [0.2, 0.25) is 11.8 Å². The summed E-state index contributed by atoms with van der Waals surface area (Å²) in [6, 6.07) is -0.177. The highest BCUT2D eigenvalue weighted by Crippen LogP contribution is 2.23. The third-order valence-electron chi connectivity index (χ3n) is 5.48. The van der Waals surface area contributed by atoms with E-state index in [1.807, 2.05) is 21.4 Å². The third kappa shape index (κ3) is 3.50. The Labute approximate surface area is 152 Å². The summed E-state index contributed by atoms with van der Waals surface area (Å²) in [4.78, 5) is 35.8. The van der Waals surface area contributed by atoms with Crippen molar-refractivity contribution in [2.24, 2.45) is 5.92 Å². The van der Waals surface area contributed by atoms with Crippen molar-refractivity contribution < 1.29 is 9.59 Å². The quantitative estimate of drug-likeness (QED) is 0.842. The molecule has 4 rings (SSSR count). The molecule has 1 aromatic rings. The molecule has 8 heteroatoms. The molecule has 0 aromatic carbocycles. The second-order valence-electron chi connectivity index (χ2n) is 7.05. The van der Waals surface area contributed by atoms with E-state index < -0.39 is 0 Å². The molecule has 25 heavy (non-hydrogen) atoms. The van der Waals surface area contributed by atoms with Gasteiger partial charge < -0.3 is 20.0 Å². The molecule has 0 spiro atoms. The van der Waals surface area contributed by atoms with Crippen LogP contribution in [0.5, 0.6) is 0 Å². The van der Waals surface area contributed by atoms with Gasteiger partial charge in [0.25, 0.3) is 0 Å². The zero-order valence-electron chi connectivity index (χ0n) is 14.4. The number of nitrogens with zero attached hydrogens (tertiary/aromatic N) is 4. The molecule has 3 aliphatic rings. The number of likely N-dealkylation sites (tertiary alicyclic amines) is 1. The van der Waals surface area contributed by atoms with Gasteiger partial charge in [-0.2, -0.15) is 0 Å². The maximum absolute atomic E-state index is 12.8. The van der Waals surface area contributed by atoms with Crippen molar-refractivity contribution in [3.8, 4) is 0 Å². The Balaban J connectivity index is 1.28. The summed E-state index contributed by atoms with van der Waals surface area (Å²) < 4.78 is 0. The zero-order chi connectivity index (χ0) is 17.2. The molecule has 0 aliphatic carbocycles. The van der Waals surface area contributed by atoms with Gasteiger partial charge in [-0.1, -0.05) is 0 Å². The summed E-state index contributed by atoms with van der Waals surface area (Å²) in [5, 5.41) is 6.29. The number of aromatic nitrogens is 1. The van der Waals surface area contributed by atoms with Gasteiger partial charge in [-0.15, -0.1) is 11.3 Å². The predicted octanol–water partition coefficient (Wildman–Crippen LogP) is 0.392. The Morgan fingerprint density at radius 2 is 1.76 bits per heavy atom. The average Bonchev–Trinajstić information content (AvgIpc) is 3.43. The van der Waals surface area contributed by atoms with Gasteiger partial charge in [0.15, 0.2) is 5.13 Å². The summed E-state index contributed by atoms with van der Waals surface area (Å²) in [7, 11) is 0. The topological polar surface area (TPSA) is 68.8 Å². The molecule has 2 atom stereocenters. The standard InChI is InChI=1S/C17H25N5O2S/c23-15(21-6-8-22(9-7-21)17-18-3-10-25-17)13-11-14(19-12-13)16(24)20-4-1-2-5-20/h3,10,13-14,19H,1-2,4-9,11-12H2/t13-,14-/m0/s1. The van der Waals surface area contributed by atoms with Crippen molar-refractivity contribution >= 4 is 28.3 Å². The number of anilines is 1. The van der Waals surface area contributed by atoms with E-state index in [0.29, 0.717) is 13.0 Å². The second kappa shape index (κ2) is 7.29. The highest BCUT2D eigenvalue weighted by Gasteiger charge is 2.38. The van der Waals surface area contributed by atoms with E-state index in [-0.39, 0.29) is 23.8 Å². The van der Waals surface area contributed by atoms with E-state index >= 15 is 0 Å². The molecule has 0 bridgehead atoms. The minimum absolute atomic E-state index is 0.0667. The van der Waals surface area contributed by atoms with E-state index in [0.717, 1.165) is 57.2 Å². The Morgan fingerprint density at radius 1 is 1.04 bits per heavy atom. The first-order valence-electron chi connectivity index (χ1n) is 9.18. The van der Waals surface area contributed by atoms with Crippen molar-refractivity contribution in [2.75, 3.05) is 50.7 Å². The lowest BCUT2D eigenvalue weighted by Gasteiger charge is -2.35. The highest BCUT2D eigenvalue weighted by atomic mass is 32.1. The summed E-state index contributed by atoms with van der Waals surface area (Å²) >= 11 is 1.64. The van der Waals surface area contributed by atoms with Crippen LogP contribution in [-0.4, -0.2) is 78.5 Å². The second-order valence-corrected chi connectivity index (χ2v) is 7.93. The van der Waals surface area contributed by atoms with E-state index in [4.69, 9.17) is 0 Å². The van der Waals surface area contributed by atoms with Gasteiger partial charge in [0.05, 0.1) is 12.0 Å². The molecule has 0 radical (unpaired) electrons. The van der Waals surface area contributed by atoms with Crippen LogP contribution in [0.4, 0.5) is 5.13 Å². The predicted molar refractivity (Wildman–Crippen MR) is 96.6 cm³/mol. The number of hydrogen-bond donors (Lipinski definition) is 1. The van der Waals surface area contributed by atoms with Crippen LogP contribution in [-0.2, 0) is 9.59 Å². The lowest BCUT2D eigenvalue weighted by Crippen LogP contribution is -2.50. The molecule has 3 aliphatic heterocycles. The SMILES string of the molecule is O=C([C@@H]1CN[C@H](C(=O)N2CCCC2)C1)N1CCN(c2nccs2)CC1. The van der Waals surface area contributed by atoms with Crippen molar-refractivity contribution in [1.82, 2.24) is 20.1 Å². The van der Waals surface area contributed by atoms with E-state index in [2.05, 4.69) is 15.2 Å². The maximum atomic E-state index is 12.8. The number of thiazole rings is 1. The van der Waals surface area contributed by atoms with Crippen LogP contribution in [0.25, 0.3) is 0 Å². The lowest BCUT2D eigenvalue weighted by atomic mass is 10.0. The fraction of sp³-hybridized carbons (Fsp3) is 0.706. The summed E-state index contributed by atoms with van der Waals surface area (Å²) in [6.07, 6.45) is 4.66. The van der Waals surface area contributed by atoms with Gasteiger partial charge in [-0.25, -0.2) is 4.98 Å². The molecule has 3 saturated heterocycles. The fourth-order valence-corrected chi connectivity index (χ4v) is 4.72. The first-order chi connectivity index (χ1) is 12.2. The van der Waals surface area contributed by atoms with E-state index in [9.17, 15) is 9.59 Å². The van der Waals surface area contributed by atoms with Crippen molar-refractivity contribution in [1.29, 1.82) is 0 Å². The monoisotopic (exact) mass is 363 g/mol. The Hall–Kier alpha value is -1.67. The van der Waals surface area contributed by atoms with E-state index in [1.54, 1.807) is 11.3 Å². The number of carbonyl (C=O) groups is 2. The van der Waals surface area contributed by atoms with Crippen molar-refractivity contribution in [3.05, 3.63) is 11.6 Å². The summed E-state index contributed by atoms with van der Waals surface area (Å²) in [5.74, 6) is 0.312. The Kier molecular flexibility index (Phi) is 4.89. The minimum Gasteiger partial charge on any atom is -0.345 e. The van der Waals surface area contributed by atoms with Gasteiger partial charge >= 0.3 is 0 Å². The number of hydrogen-bond acceptors (Lipinski definition) is 6. The summed E-state index contributed by atoms with van der Waals surface area (Å²) in [5.41, 5.74) is 0. The van der Waals surface area contributed by atoms with Crippen LogP contribution in [0.2, 0.25) is 0 Å². The van der Waals surface area contributed by atoms with Gasteiger partial charge in [-0.05, 0) is 19.3 Å². The van der Waals surface area contributed by atoms with Crippen LogP contribution in [0.15, 0.2) is 11.6 Å². The van der Waals surface area contributed by atoms with Crippen LogP contribution in [0.1, 0.15) is 19.3 Å². The van der Waals surface area contributed by atoms with Gasteiger partial charge in [0.1, 0.15) is 0 Å². The van der Waals surface area contributed by atoms with Gasteiger partial charge in [0, 0.05) is 57.4 Å². The molecule has 2 amide bonds. The highest BCUT2D eigenvalue weighted by molar-refractivity contribution is 7.13. The lowest BCUT2D eigenvalue weighted by molar-refractivity contribution is -0.135. The molecule has 0 unspecified atom stereocenters. The van der Waals surface area contributed by atoms with Crippen LogP contribution in [0, 0.1) is 5.92 Å². The van der Waals surface area contributed by atoms with Crippen LogP contribution >= 0.6 is 11.3 Å². The molecule has 136 valence electrons. The normalized spacial score (nSPS) is 27.1. The molecular formula is C17H25N5O2S. The smallest absolute Gasteiger partial charge is 0.239 e. The molecule has 0 saturated carbocycles. The first-order valence-corrected chi connectivity index (χ1v) is 10.1. The molecule has 7 nitrogen and oxygen atoms in total. The number of carbonyl (C=O) groups excluding carboxylic acids is 2. The largest absolute Gasteiger partial charge is 0.345 e.